The van der Waals surface area contributed by atoms with E-state index in [1.165, 1.54) is 0 Å². The number of piperidine rings is 1. The lowest BCUT2D eigenvalue weighted by atomic mass is 9.91. The van der Waals surface area contributed by atoms with Crippen LogP contribution in [0, 0.1) is 0 Å². The van der Waals surface area contributed by atoms with E-state index in [9.17, 15) is 4.79 Å². The molecule has 0 unspecified atom stereocenters. The van der Waals surface area contributed by atoms with Crippen molar-refractivity contribution in [3.8, 4) is 5.75 Å². The van der Waals surface area contributed by atoms with Crippen LogP contribution in [0.25, 0.3) is 0 Å². The van der Waals surface area contributed by atoms with Crippen LogP contribution in [0.1, 0.15) is 36.8 Å². The minimum absolute atomic E-state index is 0.0885. The van der Waals surface area contributed by atoms with Gasteiger partial charge in [-0.2, -0.15) is 5.10 Å². The number of rotatable bonds is 2. The van der Waals surface area contributed by atoms with E-state index in [1.54, 1.807) is 12.7 Å². The van der Waals surface area contributed by atoms with Crippen LogP contribution in [0.2, 0.25) is 0 Å². The normalized spacial score (nSPS) is 23.9. The summed E-state index contributed by atoms with van der Waals surface area (Å²) in [4.78, 5) is 19.1. The lowest BCUT2D eigenvalue weighted by molar-refractivity contribution is -0.135. The van der Waals surface area contributed by atoms with Gasteiger partial charge in [0.1, 0.15) is 18.4 Å². The third-order valence-electron chi connectivity index (χ3n) is 4.78. The van der Waals surface area contributed by atoms with E-state index in [0.717, 1.165) is 37.1 Å². The molecule has 1 saturated heterocycles. The van der Waals surface area contributed by atoms with Gasteiger partial charge in [0.25, 0.3) is 0 Å². The molecule has 2 aliphatic heterocycles. The van der Waals surface area contributed by atoms with Crippen LogP contribution in [0.15, 0.2) is 36.9 Å². The van der Waals surface area contributed by atoms with Crippen molar-refractivity contribution in [3.63, 3.8) is 0 Å². The summed E-state index contributed by atoms with van der Waals surface area (Å²) in [5.74, 6) is 0.974. The summed E-state index contributed by atoms with van der Waals surface area (Å²) in [6, 6.07) is 8.11. The topological polar surface area (TPSA) is 60.2 Å². The molecule has 0 spiro atoms. The molecule has 0 radical (unpaired) electrons. The highest BCUT2D eigenvalue weighted by Crippen LogP contribution is 2.35. The number of fused-ring (bicyclic) bond motifs is 1. The Morgan fingerprint density at radius 1 is 1.26 bits per heavy atom. The van der Waals surface area contributed by atoms with E-state index in [4.69, 9.17) is 4.74 Å². The van der Waals surface area contributed by atoms with Gasteiger partial charge in [-0.3, -0.25) is 4.79 Å². The number of carbonyl (C=O) groups excluding carboxylic acids is 1. The smallest absolute Gasteiger partial charge is 0.230 e. The zero-order chi connectivity index (χ0) is 15.6. The molecule has 2 aromatic rings. The van der Waals surface area contributed by atoms with Gasteiger partial charge in [-0.15, -0.1) is 0 Å². The zero-order valence-corrected chi connectivity index (χ0v) is 13.0. The molecule has 0 bridgehead atoms. The third kappa shape index (κ3) is 2.69. The summed E-state index contributed by atoms with van der Waals surface area (Å²) in [6.07, 6.45) is 6.08. The van der Waals surface area contributed by atoms with E-state index in [2.05, 4.69) is 10.1 Å². The SMILES string of the molecule is O=C([C@H]1CCOc2ccccc21)N1CCC[C@H](n2cncn2)C1. The number of benzene rings is 1. The highest BCUT2D eigenvalue weighted by molar-refractivity contribution is 5.85. The zero-order valence-electron chi connectivity index (χ0n) is 13.0. The Balaban J connectivity index is 1.53. The summed E-state index contributed by atoms with van der Waals surface area (Å²) in [5.41, 5.74) is 1.02. The van der Waals surface area contributed by atoms with E-state index in [1.807, 2.05) is 33.8 Å². The van der Waals surface area contributed by atoms with Crippen LogP contribution in [0.4, 0.5) is 0 Å². The van der Waals surface area contributed by atoms with Crippen molar-refractivity contribution in [1.82, 2.24) is 19.7 Å². The monoisotopic (exact) mass is 312 g/mol. The standard InChI is InChI=1S/C17H20N4O2/c22-17(15-7-9-23-16-6-2-1-5-14(15)16)20-8-3-4-13(10-20)21-12-18-11-19-21/h1-2,5-6,11-13,15H,3-4,7-10H2/t13-,15-/m0/s1. The molecule has 0 saturated carbocycles. The predicted molar refractivity (Wildman–Crippen MR) is 84.2 cm³/mol. The number of hydrogen-bond acceptors (Lipinski definition) is 4. The van der Waals surface area contributed by atoms with Gasteiger partial charge in [-0.1, -0.05) is 18.2 Å². The summed E-state index contributed by atoms with van der Waals surface area (Å²) in [5, 5.41) is 4.23. The molecule has 23 heavy (non-hydrogen) atoms. The maximum absolute atomic E-state index is 13.1. The summed E-state index contributed by atoms with van der Waals surface area (Å²) in [7, 11) is 0. The lowest BCUT2D eigenvalue weighted by Gasteiger charge is -2.36. The number of ether oxygens (including phenoxy) is 1. The molecular weight excluding hydrogens is 292 g/mol. The molecule has 120 valence electrons. The Bertz CT molecular complexity index is 686. The van der Waals surface area contributed by atoms with E-state index < -0.39 is 0 Å². The Kier molecular flexibility index (Phi) is 3.73. The van der Waals surface area contributed by atoms with Crippen molar-refractivity contribution in [2.24, 2.45) is 0 Å². The van der Waals surface area contributed by atoms with Crippen molar-refractivity contribution in [2.45, 2.75) is 31.2 Å². The number of carbonyl (C=O) groups is 1. The summed E-state index contributed by atoms with van der Waals surface area (Å²) in [6.45, 7) is 2.14. The maximum atomic E-state index is 13.1. The molecule has 4 rings (SSSR count). The van der Waals surface area contributed by atoms with E-state index in [0.29, 0.717) is 13.2 Å². The first-order valence-corrected chi connectivity index (χ1v) is 8.17. The Morgan fingerprint density at radius 2 is 2.17 bits per heavy atom. The lowest BCUT2D eigenvalue weighted by Crippen LogP contribution is -2.43. The summed E-state index contributed by atoms with van der Waals surface area (Å²) >= 11 is 0. The molecule has 1 fully saturated rings. The van der Waals surface area contributed by atoms with E-state index in [-0.39, 0.29) is 17.9 Å². The predicted octanol–water partition coefficient (Wildman–Crippen LogP) is 2.01. The minimum atomic E-state index is -0.0885. The van der Waals surface area contributed by atoms with Gasteiger partial charge in [-0.05, 0) is 25.3 Å². The summed E-state index contributed by atoms with van der Waals surface area (Å²) < 4.78 is 7.55. The van der Waals surface area contributed by atoms with Crippen molar-refractivity contribution in [3.05, 3.63) is 42.5 Å². The number of nitrogens with zero attached hydrogens (tertiary/aromatic N) is 4. The van der Waals surface area contributed by atoms with Gasteiger partial charge in [0.2, 0.25) is 5.91 Å². The third-order valence-corrected chi connectivity index (χ3v) is 4.78. The van der Waals surface area contributed by atoms with Crippen molar-refractivity contribution >= 4 is 5.91 Å². The molecule has 1 amide bonds. The Hall–Kier alpha value is -2.37. The van der Waals surface area contributed by atoms with Gasteiger partial charge < -0.3 is 9.64 Å². The molecule has 1 aromatic heterocycles. The fraction of sp³-hybridized carbons (Fsp3) is 0.471. The van der Waals surface area contributed by atoms with E-state index >= 15 is 0 Å². The average Bonchev–Trinajstić information content (AvgIpc) is 3.15. The van der Waals surface area contributed by atoms with Gasteiger partial charge in [0, 0.05) is 18.7 Å². The fourth-order valence-electron chi connectivity index (χ4n) is 3.60. The molecule has 6 heteroatoms. The Labute approximate surface area is 135 Å². The van der Waals surface area contributed by atoms with Gasteiger partial charge >= 0.3 is 0 Å². The highest BCUT2D eigenvalue weighted by atomic mass is 16.5. The first kappa shape index (κ1) is 14.2. The fourth-order valence-corrected chi connectivity index (χ4v) is 3.60. The van der Waals surface area contributed by atoms with Crippen LogP contribution in [0.5, 0.6) is 5.75 Å². The van der Waals surface area contributed by atoms with Gasteiger partial charge in [0.15, 0.2) is 0 Å². The van der Waals surface area contributed by atoms with Crippen LogP contribution in [-0.2, 0) is 4.79 Å². The molecule has 0 aliphatic carbocycles. The number of hydrogen-bond donors (Lipinski definition) is 0. The first-order chi connectivity index (χ1) is 11.3. The van der Waals surface area contributed by atoms with Crippen LogP contribution < -0.4 is 4.74 Å². The number of likely N-dealkylation sites (tertiary alicyclic amines) is 1. The molecule has 3 heterocycles. The Morgan fingerprint density at radius 3 is 3.04 bits per heavy atom. The highest BCUT2D eigenvalue weighted by Gasteiger charge is 2.33. The van der Waals surface area contributed by atoms with Gasteiger partial charge in [-0.25, -0.2) is 9.67 Å². The first-order valence-electron chi connectivity index (χ1n) is 8.17. The number of aromatic nitrogens is 3. The molecule has 6 nitrogen and oxygen atoms in total. The van der Waals surface area contributed by atoms with Crippen LogP contribution >= 0.6 is 0 Å². The van der Waals surface area contributed by atoms with Crippen molar-refractivity contribution in [1.29, 1.82) is 0 Å². The second-order valence-electron chi connectivity index (χ2n) is 6.18. The average molecular weight is 312 g/mol. The minimum Gasteiger partial charge on any atom is -0.493 e. The van der Waals surface area contributed by atoms with Crippen LogP contribution in [0.3, 0.4) is 0 Å². The molecule has 0 N–H and O–H groups in total. The molecule has 2 aliphatic rings. The molecule has 2 atom stereocenters. The molecule has 1 aromatic carbocycles. The maximum Gasteiger partial charge on any atom is 0.230 e. The second kappa shape index (κ2) is 6.02. The quantitative estimate of drug-likeness (QED) is 0.851. The van der Waals surface area contributed by atoms with Gasteiger partial charge in [0.05, 0.1) is 18.6 Å². The second-order valence-corrected chi connectivity index (χ2v) is 6.18. The largest absolute Gasteiger partial charge is 0.493 e. The molecular formula is C17H20N4O2. The number of amides is 1. The number of para-hydroxylation sites is 1. The van der Waals surface area contributed by atoms with Crippen molar-refractivity contribution < 1.29 is 9.53 Å². The van der Waals surface area contributed by atoms with Crippen molar-refractivity contribution in [2.75, 3.05) is 19.7 Å². The van der Waals surface area contributed by atoms with Crippen LogP contribution in [-0.4, -0.2) is 45.3 Å².